The SMILES string of the molecule is CCOC(=O)CCCn1c(Cc2ccc(C(=N)N)cc2)nc2cc(N(CC(N)=O)S(=O)(=O)c3ccccc3)ccc21.Cl. The van der Waals surface area contributed by atoms with Crippen LogP contribution in [0.4, 0.5) is 5.69 Å². The number of halogens is 1. The zero-order chi connectivity index (χ0) is 29.6. The number of aryl methyl sites for hydroxylation is 1. The highest BCUT2D eigenvalue weighted by Crippen LogP contribution is 2.28. The second-order valence-electron chi connectivity index (χ2n) is 9.34. The number of nitrogens with zero attached hydrogens (tertiary/aromatic N) is 3. The summed E-state index contributed by atoms with van der Waals surface area (Å²) in [7, 11) is -4.09. The minimum Gasteiger partial charge on any atom is -0.466 e. The van der Waals surface area contributed by atoms with Crippen molar-refractivity contribution >= 4 is 56.9 Å². The van der Waals surface area contributed by atoms with Crippen LogP contribution in [0.2, 0.25) is 0 Å². The minimum absolute atomic E-state index is 0. The molecular formula is C29H33ClN6O5S. The first-order chi connectivity index (χ1) is 19.6. The van der Waals surface area contributed by atoms with Crippen LogP contribution in [-0.4, -0.2) is 48.8 Å². The summed E-state index contributed by atoms with van der Waals surface area (Å²) in [5.41, 5.74) is 14.1. The van der Waals surface area contributed by atoms with Gasteiger partial charge in [-0.1, -0.05) is 42.5 Å². The Labute approximate surface area is 250 Å². The number of nitrogens with two attached hydrogens (primary N) is 2. The standard InChI is InChI=1S/C29H32N6O5S.ClH/c1-2-40-28(37)9-6-16-34-25-15-14-22(35(19-26(30)36)41(38,39)23-7-4-3-5-8-23)18-24(25)33-27(34)17-20-10-12-21(13-11-20)29(31)32;/h3-5,7-8,10-15,18H,2,6,9,16-17,19H2,1H3,(H2,30,36)(H3,31,32);1H. The van der Waals surface area contributed by atoms with E-state index < -0.39 is 22.5 Å². The number of amides is 1. The van der Waals surface area contributed by atoms with Gasteiger partial charge in [0.1, 0.15) is 18.2 Å². The number of aromatic nitrogens is 2. The molecule has 1 aromatic heterocycles. The molecule has 0 bridgehead atoms. The third-order valence-electron chi connectivity index (χ3n) is 6.42. The number of sulfonamides is 1. The van der Waals surface area contributed by atoms with Gasteiger partial charge in [-0.3, -0.25) is 19.3 Å². The fourth-order valence-electron chi connectivity index (χ4n) is 4.48. The van der Waals surface area contributed by atoms with E-state index >= 15 is 0 Å². The first kappa shape index (κ1) is 32.1. The summed E-state index contributed by atoms with van der Waals surface area (Å²) in [5.74, 6) is -0.414. The topological polar surface area (TPSA) is 174 Å². The highest BCUT2D eigenvalue weighted by molar-refractivity contribution is 7.92. The number of esters is 1. The Morgan fingerprint density at radius 2 is 1.71 bits per heavy atom. The Bertz CT molecular complexity index is 1670. The van der Waals surface area contributed by atoms with Crippen molar-refractivity contribution in [1.82, 2.24) is 9.55 Å². The maximum absolute atomic E-state index is 13.5. The number of amidine groups is 1. The van der Waals surface area contributed by atoms with E-state index in [4.69, 9.17) is 26.6 Å². The Hall–Kier alpha value is -4.42. The number of hydrogen-bond donors (Lipinski definition) is 3. The molecule has 4 rings (SSSR count). The van der Waals surface area contributed by atoms with Crippen LogP contribution in [0.3, 0.4) is 0 Å². The van der Waals surface area contributed by atoms with Gasteiger partial charge in [-0.25, -0.2) is 13.4 Å². The van der Waals surface area contributed by atoms with Crippen molar-refractivity contribution in [2.24, 2.45) is 11.5 Å². The molecular weight excluding hydrogens is 580 g/mol. The van der Waals surface area contributed by atoms with Gasteiger partial charge in [0.25, 0.3) is 10.0 Å². The van der Waals surface area contributed by atoms with Crippen LogP contribution in [0, 0.1) is 5.41 Å². The lowest BCUT2D eigenvalue weighted by Gasteiger charge is -2.23. The number of nitrogens with one attached hydrogen (secondary N) is 1. The van der Waals surface area contributed by atoms with E-state index in [1.807, 2.05) is 16.7 Å². The average Bonchev–Trinajstić information content (AvgIpc) is 3.28. The molecule has 11 nitrogen and oxygen atoms in total. The monoisotopic (exact) mass is 612 g/mol. The van der Waals surface area contributed by atoms with Crippen molar-refractivity contribution in [3.63, 3.8) is 0 Å². The molecule has 0 aliphatic heterocycles. The lowest BCUT2D eigenvalue weighted by Crippen LogP contribution is -2.38. The van der Waals surface area contributed by atoms with Gasteiger partial charge < -0.3 is 20.8 Å². The zero-order valence-electron chi connectivity index (χ0n) is 23.0. The highest BCUT2D eigenvalue weighted by atomic mass is 35.5. The molecule has 42 heavy (non-hydrogen) atoms. The predicted octanol–water partition coefficient (Wildman–Crippen LogP) is 3.36. The Balaban J connectivity index is 0.00000484. The van der Waals surface area contributed by atoms with E-state index in [1.54, 1.807) is 55.5 Å². The number of imidazole rings is 1. The second-order valence-corrected chi connectivity index (χ2v) is 11.2. The molecule has 0 aliphatic rings. The van der Waals surface area contributed by atoms with Crippen LogP contribution in [0.5, 0.6) is 0 Å². The van der Waals surface area contributed by atoms with Gasteiger partial charge in [0.15, 0.2) is 0 Å². The van der Waals surface area contributed by atoms with Crippen LogP contribution in [0.15, 0.2) is 77.7 Å². The number of nitrogen functional groups attached to an aromatic ring is 1. The van der Waals surface area contributed by atoms with Crippen molar-refractivity contribution in [3.05, 3.63) is 89.7 Å². The third kappa shape index (κ3) is 7.45. The first-order valence-electron chi connectivity index (χ1n) is 13.0. The number of ether oxygens (including phenoxy) is 1. The van der Waals surface area contributed by atoms with Crippen LogP contribution in [0.1, 0.15) is 36.7 Å². The Kier molecular flexibility index (Phi) is 10.7. The van der Waals surface area contributed by atoms with Gasteiger partial charge in [0, 0.05) is 24.9 Å². The van der Waals surface area contributed by atoms with E-state index in [2.05, 4.69) is 0 Å². The van der Waals surface area contributed by atoms with Gasteiger partial charge in [0.2, 0.25) is 5.91 Å². The van der Waals surface area contributed by atoms with Crippen LogP contribution >= 0.6 is 12.4 Å². The smallest absolute Gasteiger partial charge is 0.305 e. The molecule has 0 aliphatic carbocycles. The van der Waals surface area contributed by atoms with E-state index in [0.717, 1.165) is 15.4 Å². The molecule has 0 saturated carbocycles. The third-order valence-corrected chi connectivity index (χ3v) is 8.21. The van der Waals surface area contributed by atoms with Gasteiger partial charge in [-0.05, 0) is 49.2 Å². The lowest BCUT2D eigenvalue weighted by molar-refractivity contribution is -0.143. The molecule has 0 saturated heterocycles. The maximum atomic E-state index is 13.5. The normalized spacial score (nSPS) is 11.1. The number of fused-ring (bicyclic) bond motifs is 1. The molecule has 0 radical (unpaired) electrons. The minimum atomic E-state index is -4.09. The number of carbonyl (C=O) groups is 2. The summed E-state index contributed by atoms with van der Waals surface area (Å²) in [6.07, 6.45) is 1.19. The average molecular weight is 613 g/mol. The number of benzene rings is 3. The molecule has 13 heteroatoms. The Morgan fingerprint density at radius 1 is 1.02 bits per heavy atom. The van der Waals surface area contributed by atoms with Gasteiger partial charge in [0.05, 0.1) is 28.2 Å². The number of primary amides is 1. The molecule has 0 unspecified atom stereocenters. The van der Waals surface area contributed by atoms with Crippen LogP contribution in [-0.2, 0) is 37.3 Å². The quantitative estimate of drug-likeness (QED) is 0.118. The fourth-order valence-corrected chi connectivity index (χ4v) is 5.93. The first-order valence-corrected chi connectivity index (χ1v) is 14.5. The number of carbonyl (C=O) groups excluding carboxylic acids is 2. The van der Waals surface area contributed by atoms with Crippen molar-refractivity contribution in [2.75, 3.05) is 17.5 Å². The summed E-state index contributed by atoms with van der Waals surface area (Å²) in [6.45, 7) is 2.00. The van der Waals surface area contributed by atoms with Gasteiger partial charge in [-0.2, -0.15) is 0 Å². The Morgan fingerprint density at radius 3 is 2.33 bits per heavy atom. The summed E-state index contributed by atoms with van der Waals surface area (Å²) in [4.78, 5) is 28.7. The van der Waals surface area contributed by atoms with Crippen LogP contribution in [0.25, 0.3) is 11.0 Å². The predicted molar refractivity (Wildman–Crippen MR) is 163 cm³/mol. The van der Waals surface area contributed by atoms with Crippen molar-refractivity contribution in [3.8, 4) is 0 Å². The lowest BCUT2D eigenvalue weighted by atomic mass is 10.1. The van der Waals surface area contributed by atoms with Crippen molar-refractivity contribution in [2.45, 2.75) is 37.6 Å². The van der Waals surface area contributed by atoms with E-state index in [1.165, 1.54) is 12.1 Å². The molecule has 3 aromatic carbocycles. The summed E-state index contributed by atoms with van der Waals surface area (Å²) >= 11 is 0. The molecule has 4 aromatic rings. The van der Waals surface area contributed by atoms with Crippen molar-refractivity contribution < 1.29 is 22.7 Å². The molecule has 1 amide bonds. The number of rotatable bonds is 13. The molecule has 5 N–H and O–H groups in total. The zero-order valence-corrected chi connectivity index (χ0v) is 24.7. The second kappa shape index (κ2) is 14.0. The largest absolute Gasteiger partial charge is 0.466 e. The summed E-state index contributed by atoms with van der Waals surface area (Å²) in [5, 5.41) is 7.62. The molecule has 0 fully saturated rings. The molecule has 1 heterocycles. The number of hydrogen-bond acceptors (Lipinski definition) is 7. The van der Waals surface area contributed by atoms with Crippen LogP contribution < -0.4 is 15.8 Å². The van der Waals surface area contributed by atoms with Crippen molar-refractivity contribution in [1.29, 1.82) is 5.41 Å². The fraction of sp³-hybridized carbons (Fsp3) is 0.241. The van der Waals surface area contributed by atoms with E-state index in [9.17, 15) is 18.0 Å². The summed E-state index contributed by atoms with van der Waals surface area (Å²) < 4.78 is 35.0. The maximum Gasteiger partial charge on any atom is 0.305 e. The van der Waals surface area contributed by atoms with Gasteiger partial charge in [-0.15, -0.1) is 12.4 Å². The van der Waals surface area contributed by atoms with Gasteiger partial charge >= 0.3 is 5.97 Å². The molecule has 0 spiro atoms. The van der Waals surface area contributed by atoms with E-state index in [0.29, 0.717) is 42.9 Å². The molecule has 222 valence electrons. The molecule has 0 atom stereocenters. The summed E-state index contributed by atoms with van der Waals surface area (Å²) in [6, 6.07) is 20.1. The van der Waals surface area contributed by atoms with E-state index in [-0.39, 0.29) is 41.2 Å². The highest BCUT2D eigenvalue weighted by Gasteiger charge is 2.27. The number of anilines is 1.